The SMILES string of the molecule is COc1cccc(S(=O)(=O)N[C@H]2CCC[C@@H](OC(=O)Nc3ccc(F)cc3)C2)c1. The van der Waals surface area contributed by atoms with Crippen LogP contribution in [0.1, 0.15) is 25.7 Å². The lowest BCUT2D eigenvalue weighted by Crippen LogP contribution is -2.41. The molecular formula is C20H23FN2O5S. The van der Waals surface area contributed by atoms with Gasteiger partial charge in [0.2, 0.25) is 10.0 Å². The first-order chi connectivity index (χ1) is 13.9. The lowest BCUT2D eigenvalue weighted by Gasteiger charge is -2.29. The monoisotopic (exact) mass is 422 g/mol. The highest BCUT2D eigenvalue weighted by Crippen LogP contribution is 2.24. The first kappa shape index (κ1) is 21.1. The highest BCUT2D eigenvalue weighted by atomic mass is 32.2. The van der Waals surface area contributed by atoms with Crippen molar-refractivity contribution in [3.63, 3.8) is 0 Å². The van der Waals surface area contributed by atoms with Gasteiger partial charge in [-0.25, -0.2) is 22.3 Å². The van der Waals surface area contributed by atoms with Crippen molar-refractivity contribution >= 4 is 21.8 Å². The molecular weight excluding hydrogens is 399 g/mol. The van der Waals surface area contributed by atoms with E-state index in [-0.39, 0.29) is 10.9 Å². The normalized spacial score (nSPS) is 19.4. The molecule has 0 aliphatic heterocycles. The number of nitrogens with one attached hydrogen (secondary N) is 2. The van der Waals surface area contributed by atoms with Crippen molar-refractivity contribution < 1.29 is 27.1 Å². The number of halogens is 1. The predicted molar refractivity (Wildman–Crippen MR) is 106 cm³/mol. The minimum absolute atomic E-state index is 0.119. The van der Waals surface area contributed by atoms with Gasteiger partial charge < -0.3 is 9.47 Å². The smallest absolute Gasteiger partial charge is 0.411 e. The minimum Gasteiger partial charge on any atom is -0.497 e. The second-order valence-corrected chi connectivity index (χ2v) is 8.54. The molecule has 0 saturated heterocycles. The zero-order valence-corrected chi connectivity index (χ0v) is 16.7. The number of methoxy groups -OCH3 is 1. The predicted octanol–water partition coefficient (Wildman–Crippen LogP) is 3.67. The lowest BCUT2D eigenvalue weighted by atomic mass is 9.94. The van der Waals surface area contributed by atoms with Crippen molar-refractivity contribution in [1.29, 1.82) is 0 Å². The van der Waals surface area contributed by atoms with E-state index >= 15 is 0 Å². The molecule has 3 rings (SSSR count). The van der Waals surface area contributed by atoms with Crippen LogP contribution < -0.4 is 14.8 Å². The van der Waals surface area contributed by atoms with Crippen molar-refractivity contribution in [2.24, 2.45) is 0 Å². The first-order valence-corrected chi connectivity index (χ1v) is 10.7. The van der Waals surface area contributed by atoms with Crippen molar-refractivity contribution in [3.8, 4) is 5.75 Å². The van der Waals surface area contributed by atoms with E-state index in [9.17, 15) is 17.6 Å². The number of anilines is 1. The Hall–Kier alpha value is -2.65. The van der Waals surface area contributed by atoms with Gasteiger partial charge in [0.15, 0.2) is 0 Å². The summed E-state index contributed by atoms with van der Waals surface area (Å²) >= 11 is 0. The van der Waals surface area contributed by atoms with Crippen molar-refractivity contribution in [2.45, 2.75) is 42.7 Å². The second kappa shape index (κ2) is 9.23. The van der Waals surface area contributed by atoms with Crippen molar-refractivity contribution in [1.82, 2.24) is 4.72 Å². The molecule has 0 aromatic heterocycles. The van der Waals surface area contributed by atoms with Gasteiger partial charge in [0, 0.05) is 24.2 Å². The third kappa shape index (κ3) is 5.91. The Morgan fingerprint density at radius 3 is 2.62 bits per heavy atom. The number of ether oxygens (including phenoxy) is 2. The van der Waals surface area contributed by atoms with E-state index in [1.165, 1.54) is 43.5 Å². The largest absolute Gasteiger partial charge is 0.497 e. The minimum atomic E-state index is -3.72. The zero-order chi connectivity index (χ0) is 20.9. The van der Waals surface area contributed by atoms with Gasteiger partial charge in [0.25, 0.3) is 0 Å². The quantitative estimate of drug-likeness (QED) is 0.741. The van der Waals surface area contributed by atoms with E-state index in [1.807, 2.05) is 0 Å². The summed E-state index contributed by atoms with van der Waals surface area (Å²) in [7, 11) is -2.25. The standard InChI is InChI=1S/C20H23FN2O5S/c1-27-17-5-3-7-19(13-17)29(25,26)23-16-4-2-6-18(12-16)28-20(24)22-15-10-8-14(21)9-11-15/h3,5,7-11,13,16,18,23H,2,4,6,12H2,1H3,(H,22,24)/t16-,18+/m0/s1. The maximum Gasteiger partial charge on any atom is 0.411 e. The third-order valence-electron chi connectivity index (χ3n) is 4.66. The molecule has 1 aliphatic rings. The number of amides is 1. The van der Waals surface area contributed by atoms with Crippen LogP contribution in [0.5, 0.6) is 5.75 Å². The topological polar surface area (TPSA) is 93.7 Å². The van der Waals surface area contributed by atoms with Gasteiger partial charge in [-0.05, 0) is 55.7 Å². The van der Waals surface area contributed by atoms with Gasteiger partial charge in [-0.1, -0.05) is 6.07 Å². The third-order valence-corrected chi connectivity index (χ3v) is 6.18. The molecule has 1 saturated carbocycles. The molecule has 1 amide bonds. The van der Waals surface area contributed by atoms with E-state index in [4.69, 9.17) is 9.47 Å². The summed E-state index contributed by atoms with van der Waals surface area (Å²) in [6, 6.07) is 11.2. The number of carbonyl (C=O) groups excluding carboxylic acids is 1. The van der Waals surface area contributed by atoms with Gasteiger partial charge >= 0.3 is 6.09 Å². The molecule has 2 N–H and O–H groups in total. The van der Waals surface area contributed by atoms with E-state index in [2.05, 4.69) is 10.0 Å². The lowest BCUT2D eigenvalue weighted by molar-refractivity contribution is 0.0793. The fraction of sp³-hybridized carbons (Fsp3) is 0.350. The number of hydrogen-bond acceptors (Lipinski definition) is 5. The summed E-state index contributed by atoms with van der Waals surface area (Å²) in [5, 5.41) is 2.54. The number of rotatable bonds is 6. The Morgan fingerprint density at radius 1 is 1.14 bits per heavy atom. The van der Waals surface area contributed by atoms with Gasteiger partial charge in [-0.3, -0.25) is 5.32 Å². The Labute approximate surface area is 169 Å². The second-order valence-electron chi connectivity index (χ2n) is 6.82. The molecule has 1 aliphatic carbocycles. The van der Waals surface area contributed by atoms with Crippen LogP contribution in [-0.2, 0) is 14.8 Å². The maximum absolute atomic E-state index is 12.9. The fourth-order valence-electron chi connectivity index (χ4n) is 3.25. The van der Waals surface area contributed by atoms with Gasteiger partial charge in [0.1, 0.15) is 17.7 Å². The summed E-state index contributed by atoms with van der Waals surface area (Å²) in [6.45, 7) is 0. The van der Waals surface area contributed by atoms with Crippen LogP contribution in [0.4, 0.5) is 14.9 Å². The number of benzene rings is 2. The highest BCUT2D eigenvalue weighted by molar-refractivity contribution is 7.89. The van der Waals surface area contributed by atoms with Crippen LogP contribution >= 0.6 is 0 Å². The Balaban J connectivity index is 1.57. The summed E-state index contributed by atoms with van der Waals surface area (Å²) < 4.78 is 51.4. The first-order valence-electron chi connectivity index (χ1n) is 9.25. The Kier molecular flexibility index (Phi) is 6.71. The van der Waals surface area contributed by atoms with E-state index in [0.717, 1.165) is 6.42 Å². The molecule has 2 aromatic carbocycles. The van der Waals surface area contributed by atoms with E-state index in [1.54, 1.807) is 12.1 Å². The number of hydrogen-bond donors (Lipinski definition) is 2. The van der Waals surface area contributed by atoms with Crippen LogP contribution in [0.15, 0.2) is 53.4 Å². The van der Waals surface area contributed by atoms with Crippen molar-refractivity contribution in [2.75, 3.05) is 12.4 Å². The van der Waals surface area contributed by atoms with Crippen LogP contribution in [0.3, 0.4) is 0 Å². The van der Waals surface area contributed by atoms with E-state index in [0.29, 0.717) is 30.7 Å². The van der Waals surface area contributed by atoms with Crippen molar-refractivity contribution in [3.05, 3.63) is 54.3 Å². The molecule has 29 heavy (non-hydrogen) atoms. The maximum atomic E-state index is 12.9. The molecule has 0 bridgehead atoms. The summed E-state index contributed by atoms with van der Waals surface area (Å²) in [5.41, 5.74) is 0.419. The average Bonchev–Trinajstić information content (AvgIpc) is 2.69. The average molecular weight is 422 g/mol. The van der Waals surface area contributed by atoms with Gasteiger partial charge in [-0.15, -0.1) is 0 Å². The molecule has 0 heterocycles. The molecule has 0 radical (unpaired) electrons. The number of carbonyl (C=O) groups is 1. The number of sulfonamides is 1. The molecule has 0 spiro atoms. The summed E-state index contributed by atoms with van der Waals surface area (Å²) in [4.78, 5) is 12.2. The zero-order valence-electron chi connectivity index (χ0n) is 15.9. The van der Waals surface area contributed by atoms with Crippen LogP contribution in [0, 0.1) is 5.82 Å². The summed E-state index contributed by atoms with van der Waals surface area (Å²) in [6.07, 6.45) is 1.33. The van der Waals surface area contributed by atoms with E-state index < -0.39 is 28.0 Å². The van der Waals surface area contributed by atoms with Crippen LogP contribution in [0.2, 0.25) is 0 Å². The molecule has 156 valence electrons. The molecule has 2 aromatic rings. The molecule has 2 atom stereocenters. The summed E-state index contributed by atoms with van der Waals surface area (Å²) in [5.74, 6) is 0.0533. The molecule has 7 nitrogen and oxygen atoms in total. The van der Waals surface area contributed by atoms with Gasteiger partial charge in [0.05, 0.1) is 12.0 Å². The Morgan fingerprint density at radius 2 is 1.90 bits per heavy atom. The molecule has 9 heteroatoms. The van der Waals surface area contributed by atoms with Crippen LogP contribution in [-0.4, -0.2) is 33.8 Å². The molecule has 1 fully saturated rings. The molecule has 0 unspecified atom stereocenters. The Bertz CT molecular complexity index is 950. The van der Waals surface area contributed by atoms with Gasteiger partial charge in [-0.2, -0.15) is 0 Å². The van der Waals surface area contributed by atoms with Crippen LogP contribution in [0.25, 0.3) is 0 Å². The fourth-order valence-corrected chi connectivity index (χ4v) is 4.56. The highest BCUT2D eigenvalue weighted by Gasteiger charge is 2.28.